The van der Waals surface area contributed by atoms with E-state index in [9.17, 15) is 21.6 Å². The van der Waals surface area contributed by atoms with Gasteiger partial charge in [-0.2, -0.15) is 0 Å². The summed E-state index contributed by atoms with van der Waals surface area (Å²) in [6, 6.07) is 20.5. The Kier molecular flexibility index (Phi) is 6.80. The van der Waals surface area contributed by atoms with Crippen molar-refractivity contribution in [1.82, 2.24) is 4.72 Å². The average Bonchev–Trinajstić information content (AvgIpc) is 3.00. The van der Waals surface area contributed by atoms with Crippen LogP contribution in [0, 0.1) is 0 Å². The zero-order chi connectivity index (χ0) is 25.3. The number of benzene rings is 3. The minimum Gasteiger partial charge on any atom is -0.406 e. The number of nitrogens with one attached hydrogen (secondary N) is 1. The van der Waals surface area contributed by atoms with Crippen molar-refractivity contribution in [3.05, 3.63) is 95.1 Å². The molecule has 0 amide bonds. The van der Waals surface area contributed by atoms with Gasteiger partial charge in [-0.1, -0.05) is 48.5 Å². The van der Waals surface area contributed by atoms with Crippen molar-refractivity contribution >= 4 is 10.0 Å². The fourth-order valence-corrected chi connectivity index (χ4v) is 6.53. The fourth-order valence-electron chi connectivity index (χ4n) is 5.24. The number of aryl methyl sites for hydroxylation is 2. The summed E-state index contributed by atoms with van der Waals surface area (Å²) in [5.41, 5.74) is 4.95. The summed E-state index contributed by atoms with van der Waals surface area (Å²) in [5.74, 6) is -0.496. The maximum absolute atomic E-state index is 13.0. The van der Waals surface area contributed by atoms with Crippen molar-refractivity contribution < 1.29 is 31.1 Å². The molecular weight excluding hydrogens is 491 g/mol. The molecule has 36 heavy (non-hydrogen) atoms. The van der Waals surface area contributed by atoms with Gasteiger partial charge in [0.05, 0.1) is 11.0 Å². The number of halogens is 3. The highest BCUT2D eigenvalue weighted by Crippen LogP contribution is 2.40. The van der Waals surface area contributed by atoms with Crippen molar-refractivity contribution in [2.75, 3.05) is 6.61 Å². The molecule has 5 rings (SSSR count). The van der Waals surface area contributed by atoms with Crippen LogP contribution in [0.3, 0.4) is 0 Å². The van der Waals surface area contributed by atoms with Crippen molar-refractivity contribution in [2.45, 2.75) is 55.0 Å². The van der Waals surface area contributed by atoms with Crippen LogP contribution in [0.2, 0.25) is 0 Å². The first kappa shape index (κ1) is 24.8. The van der Waals surface area contributed by atoms with Crippen LogP contribution < -0.4 is 9.46 Å². The first-order chi connectivity index (χ1) is 17.2. The molecule has 0 unspecified atom stereocenters. The van der Waals surface area contributed by atoms with Crippen molar-refractivity contribution in [2.24, 2.45) is 0 Å². The highest BCUT2D eigenvalue weighted by Gasteiger charge is 2.36. The fraction of sp³-hybridized carbons (Fsp3) is 0.333. The number of ether oxygens (including phenoxy) is 2. The second kappa shape index (κ2) is 9.88. The Bertz CT molecular complexity index is 1280. The van der Waals surface area contributed by atoms with Gasteiger partial charge in [-0.05, 0) is 72.2 Å². The highest BCUT2D eigenvalue weighted by atomic mass is 32.2. The molecule has 1 N–H and O–H groups in total. The van der Waals surface area contributed by atoms with Crippen LogP contribution in [-0.4, -0.2) is 33.5 Å². The van der Waals surface area contributed by atoms with Gasteiger partial charge < -0.3 is 9.47 Å². The van der Waals surface area contributed by atoms with Crippen molar-refractivity contribution in [3.63, 3.8) is 0 Å². The van der Waals surface area contributed by atoms with Gasteiger partial charge in [0.25, 0.3) is 0 Å². The number of hydrogen-bond donors (Lipinski definition) is 1. The molecule has 0 radical (unpaired) electrons. The van der Waals surface area contributed by atoms with Crippen LogP contribution in [0.4, 0.5) is 13.2 Å². The number of rotatable bonds is 5. The molecule has 2 aliphatic rings. The first-order valence-electron chi connectivity index (χ1n) is 11.8. The Hall–Kier alpha value is -2.88. The Morgan fingerprint density at radius 2 is 1.44 bits per heavy atom. The first-order valence-corrected chi connectivity index (χ1v) is 13.3. The van der Waals surface area contributed by atoms with Gasteiger partial charge in [0.2, 0.25) is 10.0 Å². The summed E-state index contributed by atoms with van der Waals surface area (Å²) in [4.78, 5) is -0.120. The molecule has 0 spiro atoms. The third-order valence-electron chi connectivity index (χ3n) is 6.82. The summed E-state index contributed by atoms with van der Waals surface area (Å²) in [7, 11) is -3.95. The van der Waals surface area contributed by atoms with Gasteiger partial charge in [-0.15, -0.1) is 13.2 Å². The van der Waals surface area contributed by atoms with E-state index in [1.807, 2.05) is 24.3 Å². The Morgan fingerprint density at radius 1 is 0.861 bits per heavy atom. The Balaban J connectivity index is 1.37. The third-order valence-corrected chi connectivity index (χ3v) is 8.36. The number of fused-ring (bicyclic) bond motifs is 2. The van der Waals surface area contributed by atoms with Gasteiger partial charge in [0, 0.05) is 18.6 Å². The number of alkyl halides is 3. The van der Waals surface area contributed by atoms with Crippen LogP contribution in [0.1, 0.15) is 41.0 Å². The summed E-state index contributed by atoms with van der Waals surface area (Å²) < 4.78 is 76.1. The maximum atomic E-state index is 13.0. The molecule has 1 aliphatic carbocycles. The van der Waals surface area contributed by atoms with Crippen LogP contribution >= 0.6 is 0 Å². The largest absolute Gasteiger partial charge is 0.573 e. The monoisotopic (exact) mass is 517 g/mol. The van der Waals surface area contributed by atoms with Crippen LogP contribution in [-0.2, 0) is 27.6 Å². The molecule has 2 atom stereocenters. The smallest absolute Gasteiger partial charge is 0.406 e. The van der Waals surface area contributed by atoms with E-state index in [1.54, 1.807) is 0 Å². The molecule has 190 valence electrons. The minimum atomic E-state index is -4.84. The predicted octanol–water partition coefficient (Wildman–Crippen LogP) is 5.34. The topological polar surface area (TPSA) is 64.6 Å². The SMILES string of the molecule is O=S(=O)(N[C@@H]1CCO[C@H](C2c3ccccc3CCc3ccccc32)C1)c1ccc(OC(F)(F)F)cc1. The van der Waals surface area contributed by atoms with Gasteiger partial charge >= 0.3 is 6.36 Å². The maximum Gasteiger partial charge on any atom is 0.573 e. The zero-order valence-corrected chi connectivity index (χ0v) is 20.2. The molecule has 0 bridgehead atoms. The lowest BCUT2D eigenvalue weighted by Gasteiger charge is -2.36. The van der Waals surface area contributed by atoms with Gasteiger partial charge in [-0.3, -0.25) is 0 Å². The lowest BCUT2D eigenvalue weighted by Crippen LogP contribution is -2.44. The number of hydrogen-bond acceptors (Lipinski definition) is 4. The summed E-state index contributed by atoms with van der Waals surface area (Å²) in [6.45, 7) is 0.400. The second-order valence-corrected chi connectivity index (χ2v) is 10.9. The summed E-state index contributed by atoms with van der Waals surface area (Å²) in [6.07, 6.45) is -2.23. The second-order valence-electron chi connectivity index (χ2n) is 9.15. The average molecular weight is 518 g/mol. The van der Waals surface area contributed by atoms with Gasteiger partial charge in [-0.25, -0.2) is 13.1 Å². The van der Waals surface area contributed by atoms with E-state index < -0.39 is 22.1 Å². The van der Waals surface area contributed by atoms with E-state index >= 15 is 0 Å². The number of sulfonamides is 1. The molecule has 9 heteroatoms. The third kappa shape index (κ3) is 5.43. The molecule has 1 saturated heterocycles. The van der Waals surface area contributed by atoms with Crippen LogP contribution in [0.25, 0.3) is 0 Å². The van der Waals surface area contributed by atoms with E-state index in [0.717, 1.165) is 37.1 Å². The molecule has 5 nitrogen and oxygen atoms in total. The summed E-state index contributed by atoms with van der Waals surface area (Å²) in [5, 5.41) is 0. The van der Waals surface area contributed by atoms with E-state index in [1.165, 1.54) is 22.3 Å². The van der Waals surface area contributed by atoms with Gasteiger partial charge in [0.15, 0.2) is 0 Å². The Labute approximate surface area is 208 Å². The van der Waals surface area contributed by atoms with Crippen molar-refractivity contribution in [1.29, 1.82) is 0 Å². The minimum absolute atomic E-state index is 0.0222. The highest BCUT2D eigenvalue weighted by molar-refractivity contribution is 7.89. The quantitative estimate of drug-likeness (QED) is 0.496. The predicted molar refractivity (Wildman–Crippen MR) is 128 cm³/mol. The molecule has 0 aromatic heterocycles. The van der Waals surface area contributed by atoms with E-state index in [-0.39, 0.29) is 23.0 Å². The molecular formula is C27H26F3NO4S. The molecule has 3 aromatic carbocycles. The van der Waals surface area contributed by atoms with Crippen LogP contribution in [0.5, 0.6) is 5.75 Å². The lowest BCUT2D eigenvalue weighted by molar-refractivity contribution is -0.274. The normalized spacial score (nSPS) is 20.8. The molecule has 3 aromatic rings. The van der Waals surface area contributed by atoms with Gasteiger partial charge in [0.1, 0.15) is 5.75 Å². The van der Waals surface area contributed by atoms with E-state index in [0.29, 0.717) is 19.4 Å². The van der Waals surface area contributed by atoms with Crippen LogP contribution in [0.15, 0.2) is 77.7 Å². The van der Waals surface area contributed by atoms with E-state index in [2.05, 4.69) is 33.7 Å². The molecule has 1 fully saturated rings. The lowest BCUT2D eigenvalue weighted by atomic mass is 9.80. The standard InChI is InChI=1S/C27H26F3NO4S/c28-27(29,30)35-21-11-13-22(14-12-21)36(32,33)31-20-15-16-34-25(17-20)26-23-7-3-1-5-18(23)9-10-19-6-2-4-8-24(19)26/h1-8,11-14,20,25-26,31H,9-10,15-17H2/t20-,25+/m1/s1. The molecule has 1 heterocycles. The molecule has 1 aliphatic heterocycles. The van der Waals surface area contributed by atoms with Crippen molar-refractivity contribution in [3.8, 4) is 5.75 Å². The zero-order valence-electron chi connectivity index (χ0n) is 19.4. The summed E-state index contributed by atoms with van der Waals surface area (Å²) >= 11 is 0. The Morgan fingerprint density at radius 3 is 2.03 bits per heavy atom. The molecule has 0 saturated carbocycles. The van der Waals surface area contributed by atoms with E-state index in [4.69, 9.17) is 4.74 Å².